The van der Waals surface area contributed by atoms with Gasteiger partial charge in [-0.05, 0) is 12.1 Å². The number of nitrogens with two attached hydrogens (primary N) is 2. The van der Waals surface area contributed by atoms with Crippen molar-refractivity contribution in [2.75, 3.05) is 11.5 Å². The summed E-state index contributed by atoms with van der Waals surface area (Å²) in [5.41, 5.74) is 0.956. The molecule has 0 amide bonds. The van der Waals surface area contributed by atoms with Crippen LogP contribution in [0.3, 0.4) is 0 Å². The van der Waals surface area contributed by atoms with Crippen LogP contribution in [0, 0.1) is 23.3 Å². The number of halogens is 13. The molecule has 0 aliphatic carbocycles. The minimum Gasteiger partial charge on any atom is -0.456 e. The second kappa shape index (κ2) is 9.36. The third-order valence-corrected chi connectivity index (χ3v) is 4.67. The number of anilines is 2. The lowest BCUT2D eigenvalue weighted by Crippen LogP contribution is -2.14. The van der Waals surface area contributed by atoms with Crippen molar-refractivity contribution in [1.29, 1.82) is 0 Å². The highest BCUT2D eigenvalue weighted by Gasteiger charge is 2.43. The summed E-state index contributed by atoms with van der Waals surface area (Å²) in [6, 6.07) is 0.719. The van der Waals surface area contributed by atoms with Crippen LogP contribution < -0.4 is 20.9 Å². The second-order valence-corrected chi connectivity index (χ2v) is 7.29. The van der Waals surface area contributed by atoms with E-state index in [9.17, 15) is 57.1 Å². The van der Waals surface area contributed by atoms with Crippen molar-refractivity contribution in [2.45, 2.75) is 18.5 Å². The van der Waals surface area contributed by atoms with Crippen LogP contribution in [0.25, 0.3) is 0 Å². The van der Waals surface area contributed by atoms with E-state index in [4.69, 9.17) is 16.2 Å². The lowest BCUT2D eigenvalue weighted by Gasteiger charge is -2.20. The predicted molar refractivity (Wildman–Crippen MR) is 103 cm³/mol. The van der Waals surface area contributed by atoms with Crippen molar-refractivity contribution in [3.05, 3.63) is 70.3 Å². The summed E-state index contributed by atoms with van der Waals surface area (Å²) in [5.74, 6) is -15.3. The molecule has 3 aromatic rings. The Balaban J connectivity index is 2.21. The first-order valence-electron chi connectivity index (χ1n) is 9.49. The van der Waals surface area contributed by atoms with Gasteiger partial charge in [0.25, 0.3) is 0 Å². The molecule has 17 heteroatoms. The molecule has 38 heavy (non-hydrogen) atoms. The van der Waals surface area contributed by atoms with E-state index in [2.05, 4.69) is 4.74 Å². The number of alkyl halides is 9. The Kier molecular flexibility index (Phi) is 7.02. The summed E-state index contributed by atoms with van der Waals surface area (Å²) in [6.45, 7) is 0. The van der Waals surface area contributed by atoms with Crippen molar-refractivity contribution in [2.24, 2.45) is 0 Å². The summed E-state index contributed by atoms with van der Waals surface area (Å²) >= 11 is 0. The van der Waals surface area contributed by atoms with Crippen LogP contribution >= 0.6 is 0 Å². The molecule has 206 valence electrons. The minimum absolute atomic E-state index is 0.0206. The number of benzene rings is 3. The third kappa shape index (κ3) is 5.45. The maximum atomic E-state index is 14.0. The Labute approximate surface area is 202 Å². The Morgan fingerprint density at radius 2 is 0.921 bits per heavy atom. The smallest absolute Gasteiger partial charge is 0.422 e. The Bertz CT molecular complexity index is 1400. The molecule has 3 rings (SSSR count). The van der Waals surface area contributed by atoms with E-state index in [-0.39, 0.29) is 24.3 Å². The maximum Gasteiger partial charge on any atom is 0.422 e. The fourth-order valence-electron chi connectivity index (χ4n) is 3.06. The van der Waals surface area contributed by atoms with Crippen LogP contribution in [-0.4, -0.2) is 0 Å². The Morgan fingerprint density at radius 1 is 0.500 bits per heavy atom. The van der Waals surface area contributed by atoms with Crippen molar-refractivity contribution in [3.8, 4) is 23.0 Å². The lowest BCUT2D eigenvalue weighted by molar-refractivity contribution is -0.142. The average molecular weight is 568 g/mol. The highest BCUT2D eigenvalue weighted by atomic mass is 19.4. The van der Waals surface area contributed by atoms with Gasteiger partial charge < -0.3 is 20.9 Å². The molecule has 3 aromatic carbocycles. The SMILES string of the molecule is Nc1cc(Oc2ccc(C(F)(F)F)c(Oc3cc(N)c(F)c(F)c3C(F)(F)F)c2)c(C(F)(F)F)c(F)c1F. The van der Waals surface area contributed by atoms with Gasteiger partial charge >= 0.3 is 18.5 Å². The predicted octanol–water partition coefficient (Wildman–Crippen LogP) is 8.05. The first kappa shape index (κ1) is 28.5. The minimum atomic E-state index is -5.72. The van der Waals surface area contributed by atoms with Crippen LogP contribution in [-0.2, 0) is 18.5 Å². The van der Waals surface area contributed by atoms with E-state index in [1.54, 1.807) is 0 Å². The van der Waals surface area contributed by atoms with Gasteiger partial charge in [0.15, 0.2) is 23.3 Å². The van der Waals surface area contributed by atoms with Gasteiger partial charge in [0.05, 0.1) is 16.9 Å². The van der Waals surface area contributed by atoms with Crippen LogP contribution in [0.1, 0.15) is 16.7 Å². The fourth-order valence-corrected chi connectivity index (χ4v) is 3.06. The molecule has 0 unspecified atom stereocenters. The molecule has 0 spiro atoms. The third-order valence-electron chi connectivity index (χ3n) is 4.67. The van der Waals surface area contributed by atoms with E-state index in [1.165, 1.54) is 0 Å². The van der Waals surface area contributed by atoms with Crippen LogP contribution in [0.4, 0.5) is 68.5 Å². The number of hydrogen-bond donors (Lipinski definition) is 2. The molecule has 0 atom stereocenters. The van der Waals surface area contributed by atoms with Gasteiger partial charge in [0.2, 0.25) is 0 Å². The molecule has 0 radical (unpaired) electrons. The summed E-state index contributed by atoms with van der Waals surface area (Å²) in [7, 11) is 0. The molecule has 0 aliphatic heterocycles. The molecular formula is C21H9F13N2O2. The molecule has 0 saturated heterocycles. The monoisotopic (exact) mass is 568 g/mol. The molecule has 0 aliphatic rings. The standard InChI is InChI=1S/C21H9F13N2O2/c22-15-8(35)4-11(13(17(15)24)20(29,30)31)37-6-1-2-7(19(26,27)28)10(3-6)38-12-5-9(36)16(23)18(25)14(12)21(32,33)34/h1-5H,35-36H2. The maximum absolute atomic E-state index is 14.0. The summed E-state index contributed by atoms with van der Waals surface area (Å²) < 4.78 is 185. The highest BCUT2D eigenvalue weighted by molar-refractivity contribution is 5.56. The molecule has 0 heterocycles. The number of ether oxygens (including phenoxy) is 2. The normalized spacial score (nSPS) is 12.6. The molecule has 0 aromatic heterocycles. The first-order valence-corrected chi connectivity index (χ1v) is 9.49. The number of nitrogen functional groups attached to an aromatic ring is 2. The molecular weight excluding hydrogens is 559 g/mol. The van der Waals surface area contributed by atoms with Gasteiger partial charge in [-0.1, -0.05) is 0 Å². The van der Waals surface area contributed by atoms with E-state index >= 15 is 0 Å². The summed E-state index contributed by atoms with van der Waals surface area (Å²) in [5, 5.41) is 0. The van der Waals surface area contributed by atoms with Crippen LogP contribution in [0.2, 0.25) is 0 Å². The molecule has 0 saturated carbocycles. The van der Waals surface area contributed by atoms with Gasteiger partial charge in [-0.15, -0.1) is 0 Å². The zero-order valence-electron chi connectivity index (χ0n) is 17.8. The van der Waals surface area contributed by atoms with Crippen LogP contribution in [0.15, 0.2) is 30.3 Å². The zero-order valence-corrected chi connectivity index (χ0v) is 17.8. The fraction of sp³-hybridized carbons (Fsp3) is 0.143. The van der Waals surface area contributed by atoms with Gasteiger partial charge in [0, 0.05) is 18.2 Å². The van der Waals surface area contributed by atoms with Crippen LogP contribution in [0.5, 0.6) is 23.0 Å². The zero-order chi connectivity index (χ0) is 29.0. The average Bonchev–Trinajstić information content (AvgIpc) is 2.73. The van der Waals surface area contributed by atoms with Crippen molar-refractivity contribution in [3.63, 3.8) is 0 Å². The first-order chi connectivity index (χ1) is 17.2. The Hall–Kier alpha value is -4.05. The number of rotatable bonds is 4. The quantitative estimate of drug-likeness (QED) is 0.247. The van der Waals surface area contributed by atoms with E-state index < -0.39 is 92.9 Å². The van der Waals surface area contributed by atoms with Gasteiger partial charge in [-0.3, -0.25) is 0 Å². The highest BCUT2D eigenvalue weighted by Crippen LogP contribution is 2.47. The molecule has 0 bridgehead atoms. The van der Waals surface area contributed by atoms with Gasteiger partial charge in [0.1, 0.15) is 34.1 Å². The lowest BCUT2D eigenvalue weighted by atomic mass is 10.1. The van der Waals surface area contributed by atoms with Crippen molar-refractivity contribution in [1.82, 2.24) is 0 Å². The largest absolute Gasteiger partial charge is 0.456 e. The Morgan fingerprint density at radius 3 is 1.32 bits per heavy atom. The molecule has 4 nitrogen and oxygen atoms in total. The van der Waals surface area contributed by atoms with Crippen molar-refractivity contribution < 1.29 is 66.5 Å². The van der Waals surface area contributed by atoms with Crippen molar-refractivity contribution >= 4 is 11.4 Å². The molecule has 4 N–H and O–H groups in total. The second-order valence-electron chi connectivity index (χ2n) is 7.29. The molecule has 0 fully saturated rings. The van der Waals surface area contributed by atoms with Gasteiger partial charge in [-0.2, -0.15) is 39.5 Å². The van der Waals surface area contributed by atoms with E-state index in [0.29, 0.717) is 6.07 Å². The van der Waals surface area contributed by atoms with E-state index in [0.717, 1.165) is 0 Å². The summed E-state index contributed by atoms with van der Waals surface area (Å²) in [4.78, 5) is 0. The van der Waals surface area contributed by atoms with Gasteiger partial charge in [-0.25, -0.2) is 17.6 Å². The topological polar surface area (TPSA) is 70.5 Å². The number of hydrogen-bond acceptors (Lipinski definition) is 4. The summed E-state index contributed by atoms with van der Waals surface area (Å²) in [6.07, 6.45) is -16.7. The van der Waals surface area contributed by atoms with E-state index in [1.807, 2.05) is 0 Å².